The van der Waals surface area contributed by atoms with Crippen LogP contribution in [0.5, 0.6) is 0 Å². The van der Waals surface area contributed by atoms with E-state index in [4.69, 9.17) is 16.3 Å². The van der Waals surface area contributed by atoms with Crippen molar-refractivity contribution in [2.24, 2.45) is 0 Å². The maximum absolute atomic E-state index is 5.74. The Morgan fingerprint density at radius 2 is 2.36 bits per heavy atom. The van der Waals surface area contributed by atoms with Crippen LogP contribution in [0.4, 0.5) is 0 Å². The van der Waals surface area contributed by atoms with Crippen molar-refractivity contribution >= 4 is 27.5 Å². The van der Waals surface area contributed by atoms with Crippen LogP contribution < -0.4 is 0 Å². The van der Waals surface area contributed by atoms with Crippen LogP contribution in [0.25, 0.3) is 0 Å². The quantitative estimate of drug-likeness (QED) is 0.738. The molecule has 1 aliphatic rings. The first-order chi connectivity index (χ1) is 6.65. The summed E-state index contributed by atoms with van der Waals surface area (Å²) in [6, 6.07) is 0. The van der Waals surface area contributed by atoms with Crippen LogP contribution in [0.3, 0.4) is 0 Å². The van der Waals surface area contributed by atoms with Gasteiger partial charge in [-0.2, -0.15) is 0 Å². The van der Waals surface area contributed by atoms with Crippen molar-refractivity contribution in [2.45, 2.75) is 26.1 Å². The molecule has 0 aromatic rings. The van der Waals surface area contributed by atoms with Gasteiger partial charge in [0.25, 0.3) is 0 Å². The Balaban J connectivity index is 2.45. The highest BCUT2D eigenvalue weighted by molar-refractivity contribution is 9.09. The molecule has 1 aliphatic heterocycles. The standard InChI is InChI=1S/C10H17BrClNO/c1-8(4-12)5-13-6-9(2)14-10(3-11)7-13/h4,9-10H,3,5-7H2,1-2H3/b8-4+. The van der Waals surface area contributed by atoms with Gasteiger partial charge in [0, 0.05) is 30.5 Å². The lowest BCUT2D eigenvalue weighted by molar-refractivity contribution is -0.0625. The normalized spacial score (nSPS) is 30.7. The van der Waals surface area contributed by atoms with Crippen LogP contribution in [0.1, 0.15) is 13.8 Å². The molecule has 0 aromatic carbocycles. The summed E-state index contributed by atoms with van der Waals surface area (Å²) in [5.41, 5.74) is 2.86. The number of ether oxygens (including phenoxy) is 1. The largest absolute Gasteiger partial charge is 0.372 e. The van der Waals surface area contributed by atoms with Gasteiger partial charge >= 0.3 is 0 Å². The SMILES string of the molecule is C/C(=C\Cl)CN1CC(C)OC(CBr)C1. The van der Waals surface area contributed by atoms with E-state index < -0.39 is 0 Å². The number of hydrogen-bond acceptors (Lipinski definition) is 2. The molecule has 1 saturated heterocycles. The number of morpholine rings is 1. The Hall–Kier alpha value is 0.430. The molecule has 1 fully saturated rings. The molecule has 2 unspecified atom stereocenters. The lowest BCUT2D eigenvalue weighted by Crippen LogP contribution is -2.47. The lowest BCUT2D eigenvalue weighted by Gasteiger charge is -2.36. The van der Waals surface area contributed by atoms with E-state index in [1.807, 2.05) is 0 Å². The van der Waals surface area contributed by atoms with Gasteiger partial charge in [-0.05, 0) is 19.4 Å². The number of hydrogen-bond donors (Lipinski definition) is 0. The molecular formula is C10H17BrClNO. The van der Waals surface area contributed by atoms with Crippen LogP contribution in [0.15, 0.2) is 11.1 Å². The van der Waals surface area contributed by atoms with Crippen molar-refractivity contribution < 1.29 is 4.74 Å². The van der Waals surface area contributed by atoms with Crippen LogP contribution in [-0.2, 0) is 4.74 Å². The third-order valence-electron chi connectivity index (χ3n) is 2.23. The van der Waals surface area contributed by atoms with Crippen molar-refractivity contribution in [3.05, 3.63) is 11.1 Å². The fraction of sp³-hybridized carbons (Fsp3) is 0.800. The second-order valence-electron chi connectivity index (χ2n) is 3.87. The van der Waals surface area contributed by atoms with Crippen molar-refractivity contribution in [3.63, 3.8) is 0 Å². The van der Waals surface area contributed by atoms with E-state index in [-0.39, 0.29) is 0 Å². The van der Waals surface area contributed by atoms with Gasteiger partial charge in [-0.25, -0.2) is 0 Å². The Bertz CT molecular complexity index is 210. The van der Waals surface area contributed by atoms with E-state index in [0.29, 0.717) is 12.2 Å². The monoisotopic (exact) mass is 281 g/mol. The molecule has 2 nitrogen and oxygen atoms in total. The second kappa shape index (κ2) is 6.11. The molecule has 0 amide bonds. The predicted octanol–water partition coefficient (Wildman–Crippen LogP) is 2.61. The van der Waals surface area contributed by atoms with Gasteiger partial charge in [-0.1, -0.05) is 27.5 Å². The summed E-state index contributed by atoms with van der Waals surface area (Å²) in [6.07, 6.45) is 0.622. The van der Waals surface area contributed by atoms with Gasteiger partial charge in [-0.3, -0.25) is 4.90 Å². The first-order valence-corrected chi connectivity index (χ1v) is 6.41. The molecule has 4 heteroatoms. The number of rotatable bonds is 3. The minimum absolute atomic E-state index is 0.307. The summed E-state index contributed by atoms with van der Waals surface area (Å²) < 4.78 is 5.74. The fourth-order valence-electron chi connectivity index (χ4n) is 1.74. The molecule has 1 heterocycles. The van der Waals surface area contributed by atoms with Crippen LogP contribution >= 0.6 is 27.5 Å². The predicted molar refractivity (Wildman–Crippen MR) is 64.2 cm³/mol. The highest BCUT2D eigenvalue weighted by atomic mass is 79.9. The van der Waals surface area contributed by atoms with Gasteiger partial charge < -0.3 is 4.74 Å². The molecular weight excluding hydrogens is 265 g/mol. The van der Waals surface area contributed by atoms with Gasteiger partial charge in [0.1, 0.15) is 0 Å². The molecule has 0 aromatic heterocycles. The summed E-state index contributed by atoms with van der Waals surface area (Å²) in [6.45, 7) is 7.09. The minimum Gasteiger partial charge on any atom is -0.372 e. The average molecular weight is 283 g/mol. The van der Waals surface area contributed by atoms with Crippen LogP contribution in [0, 0.1) is 0 Å². The summed E-state index contributed by atoms with van der Waals surface area (Å²) >= 11 is 9.11. The molecule has 0 saturated carbocycles. The van der Waals surface area contributed by atoms with Crippen LogP contribution in [-0.4, -0.2) is 42.1 Å². The van der Waals surface area contributed by atoms with Gasteiger partial charge in [0.2, 0.25) is 0 Å². The lowest BCUT2D eigenvalue weighted by atomic mass is 10.2. The topological polar surface area (TPSA) is 12.5 Å². The minimum atomic E-state index is 0.307. The second-order valence-corrected chi connectivity index (χ2v) is 4.74. The van der Waals surface area contributed by atoms with Gasteiger partial charge in [0.15, 0.2) is 0 Å². The highest BCUT2D eigenvalue weighted by Crippen LogP contribution is 2.14. The first-order valence-electron chi connectivity index (χ1n) is 4.85. The summed E-state index contributed by atoms with van der Waals surface area (Å²) in [5, 5.41) is 0.900. The van der Waals surface area contributed by atoms with Gasteiger partial charge in [0.05, 0.1) is 12.2 Å². The van der Waals surface area contributed by atoms with Crippen LogP contribution in [0.2, 0.25) is 0 Å². The Morgan fingerprint density at radius 3 is 2.93 bits per heavy atom. The molecule has 0 aliphatic carbocycles. The third-order valence-corrected chi connectivity index (χ3v) is 3.33. The molecule has 0 spiro atoms. The zero-order valence-electron chi connectivity index (χ0n) is 8.67. The number of alkyl halides is 1. The molecule has 0 bridgehead atoms. The fourth-order valence-corrected chi connectivity index (χ4v) is 2.17. The molecule has 0 radical (unpaired) electrons. The zero-order valence-corrected chi connectivity index (χ0v) is 11.0. The van der Waals surface area contributed by atoms with E-state index in [2.05, 4.69) is 34.7 Å². The zero-order chi connectivity index (χ0) is 10.6. The van der Waals surface area contributed by atoms with Crippen molar-refractivity contribution in [1.29, 1.82) is 0 Å². The molecule has 1 rings (SSSR count). The summed E-state index contributed by atoms with van der Waals surface area (Å²) in [4.78, 5) is 2.38. The number of nitrogens with zero attached hydrogens (tertiary/aromatic N) is 1. The van der Waals surface area contributed by atoms with Crippen molar-refractivity contribution in [3.8, 4) is 0 Å². The van der Waals surface area contributed by atoms with E-state index in [9.17, 15) is 0 Å². The Morgan fingerprint density at radius 1 is 1.64 bits per heavy atom. The van der Waals surface area contributed by atoms with Crippen molar-refractivity contribution in [1.82, 2.24) is 4.90 Å². The van der Waals surface area contributed by atoms with E-state index in [0.717, 1.165) is 25.0 Å². The van der Waals surface area contributed by atoms with E-state index >= 15 is 0 Å². The van der Waals surface area contributed by atoms with E-state index in [1.165, 1.54) is 5.57 Å². The Kier molecular flexibility index (Phi) is 5.45. The maximum atomic E-state index is 5.74. The maximum Gasteiger partial charge on any atom is 0.0802 e. The molecule has 82 valence electrons. The Labute approximate surface area is 99.4 Å². The van der Waals surface area contributed by atoms with Crippen molar-refractivity contribution in [2.75, 3.05) is 25.0 Å². The molecule has 2 atom stereocenters. The number of halogens is 2. The third kappa shape index (κ3) is 3.89. The molecule has 14 heavy (non-hydrogen) atoms. The van der Waals surface area contributed by atoms with Gasteiger partial charge in [-0.15, -0.1) is 0 Å². The summed E-state index contributed by atoms with van der Waals surface area (Å²) in [7, 11) is 0. The first kappa shape index (κ1) is 12.5. The average Bonchev–Trinajstić information content (AvgIpc) is 2.16. The van der Waals surface area contributed by atoms with E-state index in [1.54, 1.807) is 5.54 Å². The molecule has 0 N–H and O–H groups in total. The highest BCUT2D eigenvalue weighted by Gasteiger charge is 2.24. The summed E-state index contributed by atoms with van der Waals surface area (Å²) in [5.74, 6) is 0. The smallest absolute Gasteiger partial charge is 0.0802 e.